The van der Waals surface area contributed by atoms with Crippen LogP contribution in [0, 0.1) is 5.92 Å². The molecule has 2 fully saturated rings. The largest absolute Gasteiger partial charge is 0.388 e. The molecule has 0 spiro atoms. The molecule has 1 saturated heterocycles. The Hall–Kier alpha value is -3.37. The number of piperidine rings is 1. The van der Waals surface area contributed by atoms with Crippen LogP contribution in [0.15, 0.2) is 59.5 Å². The number of likely N-dealkylation sites (tertiary alicyclic amines) is 1. The van der Waals surface area contributed by atoms with E-state index in [9.17, 15) is 14.7 Å². The monoisotopic (exact) mass is 518 g/mol. The van der Waals surface area contributed by atoms with Crippen molar-refractivity contribution in [1.29, 1.82) is 0 Å². The number of aliphatic hydroxyl groups is 1. The second kappa shape index (κ2) is 9.83. The standard InChI is InChI=1S/C27H30N6O3S/c34-25(20-8-4-5-9-22(20)33-17-28-16-30-33)31-12-10-27(36,11-13-31)15-32-18-29-23-21(26(32)35)14-37-24(23)19-6-2-1-3-7-19/h1-3,6-7,14,16-18,20,22,36H,4-5,8-13,15H2. The van der Waals surface area contributed by atoms with Crippen LogP contribution in [-0.4, -0.2) is 58.9 Å². The van der Waals surface area contributed by atoms with Crippen LogP contribution in [0.25, 0.3) is 21.3 Å². The van der Waals surface area contributed by atoms with Gasteiger partial charge in [0.05, 0.1) is 46.2 Å². The molecule has 2 atom stereocenters. The second-order valence-electron chi connectivity index (χ2n) is 10.3. The molecule has 1 N–H and O–H groups in total. The van der Waals surface area contributed by atoms with Gasteiger partial charge in [0, 0.05) is 18.5 Å². The van der Waals surface area contributed by atoms with Crippen LogP contribution in [0.3, 0.4) is 0 Å². The maximum Gasteiger partial charge on any atom is 0.262 e. The summed E-state index contributed by atoms with van der Waals surface area (Å²) in [5, 5.41) is 18.1. The fourth-order valence-electron chi connectivity index (χ4n) is 5.83. The summed E-state index contributed by atoms with van der Waals surface area (Å²) in [6.45, 7) is 1.10. The highest BCUT2D eigenvalue weighted by Gasteiger charge is 2.40. The van der Waals surface area contributed by atoms with E-state index in [2.05, 4.69) is 15.1 Å². The number of fused-ring (bicyclic) bond motifs is 1. The number of aromatic nitrogens is 5. The molecule has 6 rings (SSSR count). The van der Waals surface area contributed by atoms with E-state index in [0.717, 1.165) is 36.1 Å². The molecule has 192 valence electrons. The van der Waals surface area contributed by atoms with Crippen LogP contribution in [0.2, 0.25) is 0 Å². The quantitative estimate of drug-likeness (QED) is 0.434. The van der Waals surface area contributed by atoms with Gasteiger partial charge in [-0.2, -0.15) is 5.10 Å². The van der Waals surface area contributed by atoms with Crippen LogP contribution in [0.4, 0.5) is 0 Å². The molecule has 1 aliphatic heterocycles. The van der Waals surface area contributed by atoms with Crippen LogP contribution in [-0.2, 0) is 11.3 Å². The van der Waals surface area contributed by atoms with Crippen LogP contribution in [0.1, 0.15) is 44.6 Å². The first-order valence-electron chi connectivity index (χ1n) is 12.9. The molecule has 0 bridgehead atoms. The van der Waals surface area contributed by atoms with E-state index >= 15 is 0 Å². The number of benzene rings is 1. The minimum atomic E-state index is -1.06. The lowest BCUT2D eigenvalue weighted by Gasteiger charge is -2.41. The molecular weight excluding hydrogens is 488 g/mol. The number of amides is 1. The van der Waals surface area contributed by atoms with E-state index in [0.29, 0.717) is 36.8 Å². The van der Waals surface area contributed by atoms with E-state index < -0.39 is 5.60 Å². The number of carbonyl (C=O) groups excluding carboxylic acids is 1. The van der Waals surface area contributed by atoms with Gasteiger partial charge in [0.1, 0.15) is 12.7 Å². The number of nitrogens with zero attached hydrogens (tertiary/aromatic N) is 6. The maximum absolute atomic E-state index is 13.5. The van der Waals surface area contributed by atoms with E-state index in [1.807, 2.05) is 45.3 Å². The summed E-state index contributed by atoms with van der Waals surface area (Å²) < 4.78 is 3.34. The van der Waals surface area contributed by atoms with E-state index in [1.165, 1.54) is 22.2 Å². The molecule has 1 aliphatic carbocycles. The summed E-state index contributed by atoms with van der Waals surface area (Å²) in [5.74, 6) is 0.0162. The zero-order chi connectivity index (χ0) is 25.4. The van der Waals surface area contributed by atoms with Gasteiger partial charge in [-0.3, -0.25) is 14.2 Å². The molecule has 1 saturated carbocycles. The van der Waals surface area contributed by atoms with Crippen LogP contribution >= 0.6 is 11.3 Å². The Morgan fingerprint density at radius 3 is 2.65 bits per heavy atom. The summed E-state index contributed by atoms with van der Waals surface area (Å²) in [4.78, 5) is 38.2. The zero-order valence-corrected chi connectivity index (χ0v) is 21.4. The Kier molecular flexibility index (Phi) is 6.37. The van der Waals surface area contributed by atoms with E-state index in [4.69, 9.17) is 0 Å². The maximum atomic E-state index is 13.5. The van der Waals surface area contributed by atoms with Gasteiger partial charge >= 0.3 is 0 Å². The molecule has 2 unspecified atom stereocenters. The molecule has 4 aromatic rings. The van der Waals surface area contributed by atoms with Crippen molar-refractivity contribution in [2.24, 2.45) is 5.92 Å². The first kappa shape index (κ1) is 24.0. The highest BCUT2D eigenvalue weighted by Crippen LogP contribution is 2.36. The molecular formula is C27H30N6O3S. The topological polar surface area (TPSA) is 106 Å². The molecule has 2 aliphatic rings. The Labute approximate surface area is 218 Å². The van der Waals surface area contributed by atoms with Crippen molar-refractivity contribution in [2.45, 2.75) is 56.7 Å². The smallest absolute Gasteiger partial charge is 0.262 e. The minimum Gasteiger partial charge on any atom is -0.388 e. The van der Waals surface area contributed by atoms with Gasteiger partial charge in [-0.25, -0.2) is 14.6 Å². The van der Waals surface area contributed by atoms with Crippen molar-refractivity contribution in [2.75, 3.05) is 13.1 Å². The third kappa shape index (κ3) is 4.59. The van der Waals surface area contributed by atoms with Gasteiger partial charge in [-0.15, -0.1) is 11.3 Å². The molecule has 9 nitrogen and oxygen atoms in total. The van der Waals surface area contributed by atoms with Gasteiger partial charge in [0.15, 0.2) is 0 Å². The Morgan fingerprint density at radius 1 is 1.11 bits per heavy atom. The third-order valence-electron chi connectivity index (χ3n) is 7.91. The van der Waals surface area contributed by atoms with Crippen LogP contribution in [0.5, 0.6) is 0 Å². The molecule has 37 heavy (non-hydrogen) atoms. The molecule has 10 heteroatoms. The SMILES string of the molecule is O=C(C1CCCCC1n1cncn1)N1CCC(O)(Cn2cnc3c(-c4ccccc4)scc3c2=O)CC1. The lowest BCUT2D eigenvalue weighted by molar-refractivity contribution is -0.143. The Balaban J connectivity index is 1.15. The average molecular weight is 519 g/mol. The van der Waals surface area contributed by atoms with Gasteiger partial charge in [0.25, 0.3) is 5.56 Å². The first-order valence-corrected chi connectivity index (χ1v) is 13.8. The number of hydrogen-bond donors (Lipinski definition) is 1. The summed E-state index contributed by atoms with van der Waals surface area (Å²) in [5.41, 5.74) is 0.519. The third-order valence-corrected chi connectivity index (χ3v) is 8.93. The van der Waals surface area contributed by atoms with Crippen molar-refractivity contribution in [3.8, 4) is 10.4 Å². The molecule has 3 aromatic heterocycles. The lowest BCUT2D eigenvalue weighted by atomic mass is 9.82. The number of hydrogen-bond acceptors (Lipinski definition) is 7. The second-order valence-corrected chi connectivity index (χ2v) is 11.1. The van der Waals surface area contributed by atoms with Gasteiger partial charge < -0.3 is 10.0 Å². The Bertz CT molecular complexity index is 1440. The fraction of sp³-hybridized carbons (Fsp3) is 0.444. The number of carbonyl (C=O) groups is 1. The summed E-state index contributed by atoms with van der Waals surface area (Å²) in [7, 11) is 0. The molecule has 4 heterocycles. The van der Waals surface area contributed by atoms with Crippen molar-refractivity contribution in [1.82, 2.24) is 29.2 Å². The van der Waals surface area contributed by atoms with Crippen molar-refractivity contribution in [3.05, 3.63) is 65.0 Å². The van der Waals surface area contributed by atoms with E-state index in [1.54, 1.807) is 12.7 Å². The van der Waals surface area contributed by atoms with Crippen molar-refractivity contribution in [3.63, 3.8) is 0 Å². The van der Waals surface area contributed by atoms with Crippen molar-refractivity contribution >= 4 is 28.1 Å². The zero-order valence-electron chi connectivity index (χ0n) is 20.6. The van der Waals surface area contributed by atoms with Gasteiger partial charge in [-0.05, 0) is 31.2 Å². The molecule has 1 amide bonds. The minimum absolute atomic E-state index is 0.0346. The number of rotatable bonds is 5. The predicted molar refractivity (Wildman–Crippen MR) is 141 cm³/mol. The highest BCUT2D eigenvalue weighted by molar-refractivity contribution is 7.15. The lowest BCUT2D eigenvalue weighted by Crippen LogP contribution is -2.51. The van der Waals surface area contributed by atoms with Gasteiger partial charge in [0.2, 0.25) is 5.91 Å². The van der Waals surface area contributed by atoms with Gasteiger partial charge in [-0.1, -0.05) is 43.2 Å². The summed E-state index contributed by atoms with van der Waals surface area (Å²) >= 11 is 1.51. The average Bonchev–Trinajstić information content (AvgIpc) is 3.62. The van der Waals surface area contributed by atoms with E-state index in [-0.39, 0.29) is 30.0 Å². The fourth-order valence-corrected chi connectivity index (χ4v) is 6.83. The Morgan fingerprint density at radius 2 is 1.89 bits per heavy atom. The molecule has 1 aromatic carbocycles. The van der Waals surface area contributed by atoms with Crippen molar-refractivity contribution < 1.29 is 9.90 Å². The summed E-state index contributed by atoms with van der Waals surface area (Å²) in [6, 6.07) is 9.96. The number of thiophene rings is 1. The predicted octanol–water partition coefficient (Wildman–Crippen LogP) is 3.50. The normalized spacial score (nSPS) is 21.8. The van der Waals surface area contributed by atoms with Crippen LogP contribution < -0.4 is 5.56 Å². The highest BCUT2D eigenvalue weighted by atomic mass is 32.1. The first-order chi connectivity index (χ1) is 18.0. The summed E-state index contributed by atoms with van der Waals surface area (Å²) in [6.07, 6.45) is 9.48. The molecule has 0 radical (unpaired) electrons.